The van der Waals surface area contributed by atoms with E-state index in [2.05, 4.69) is 25.6 Å². The highest BCUT2D eigenvalue weighted by Gasteiger charge is 2.50. The molecule has 2 N–H and O–H groups in total. The number of anilines is 1. The number of halogens is 1. The lowest BCUT2D eigenvalue weighted by molar-refractivity contribution is -0.123. The molecule has 29 heavy (non-hydrogen) atoms. The second-order valence-electron chi connectivity index (χ2n) is 7.32. The molecule has 1 saturated carbocycles. The number of aryl methyl sites for hydroxylation is 1. The zero-order chi connectivity index (χ0) is 20.4. The van der Waals surface area contributed by atoms with Gasteiger partial charge in [0.05, 0.1) is 11.1 Å². The van der Waals surface area contributed by atoms with E-state index < -0.39 is 5.41 Å². The Hall–Kier alpha value is -3.29. The van der Waals surface area contributed by atoms with Crippen molar-refractivity contribution in [3.8, 4) is 5.82 Å². The lowest BCUT2D eigenvalue weighted by Gasteiger charge is -2.16. The lowest BCUT2D eigenvalue weighted by atomic mass is 9.95. The maximum absolute atomic E-state index is 13.1. The minimum atomic E-state index is -0.507. The summed E-state index contributed by atoms with van der Waals surface area (Å²) in [5, 5.41) is 6.18. The van der Waals surface area contributed by atoms with Crippen molar-refractivity contribution in [3.63, 3.8) is 0 Å². The molecule has 4 rings (SSSR count). The van der Waals surface area contributed by atoms with Crippen LogP contribution in [-0.4, -0.2) is 38.5 Å². The molecule has 0 aliphatic heterocycles. The average molecular weight is 394 g/mol. The van der Waals surface area contributed by atoms with Gasteiger partial charge in [-0.15, -0.1) is 0 Å². The third-order valence-electron chi connectivity index (χ3n) is 5.45. The molecule has 2 aromatic heterocycles. The molecule has 0 saturated heterocycles. The Morgan fingerprint density at radius 1 is 1.14 bits per heavy atom. The van der Waals surface area contributed by atoms with Crippen LogP contribution in [0.2, 0.25) is 0 Å². The van der Waals surface area contributed by atoms with E-state index in [1.54, 1.807) is 18.5 Å². The summed E-state index contributed by atoms with van der Waals surface area (Å²) in [6.07, 6.45) is 4.81. The van der Waals surface area contributed by atoms with Crippen molar-refractivity contribution in [3.05, 3.63) is 65.8 Å². The molecule has 1 amide bonds. The summed E-state index contributed by atoms with van der Waals surface area (Å²) in [5.74, 6) is 1.10. The minimum Gasteiger partial charge on any atom is -0.368 e. The molecule has 1 fully saturated rings. The highest BCUT2D eigenvalue weighted by molar-refractivity contribution is 5.91. The Labute approximate surface area is 168 Å². The molecule has 0 unspecified atom stereocenters. The van der Waals surface area contributed by atoms with Crippen LogP contribution in [-0.2, 0) is 10.2 Å². The fraction of sp³-hybridized carbons (Fsp3) is 0.333. The highest BCUT2D eigenvalue weighted by Crippen LogP contribution is 2.48. The Balaban J connectivity index is 1.32. The first-order chi connectivity index (χ1) is 14.0. The summed E-state index contributed by atoms with van der Waals surface area (Å²) >= 11 is 0. The zero-order valence-corrected chi connectivity index (χ0v) is 16.4. The van der Waals surface area contributed by atoms with Crippen LogP contribution in [0.1, 0.15) is 29.8 Å². The van der Waals surface area contributed by atoms with Gasteiger partial charge in [-0.1, -0.05) is 12.1 Å². The average Bonchev–Trinajstić information content (AvgIpc) is 3.47. The van der Waals surface area contributed by atoms with Crippen LogP contribution in [0.25, 0.3) is 5.82 Å². The number of imidazole rings is 1. The van der Waals surface area contributed by atoms with Crippen molar-refractivity contribution in [2.45, 2.75) is 32.1 Å². The third kappa shape index (κ3) is 3.83. The number of aromatic nitrogens is 4. The van der Waals surface area contributed by atoms with Gasteiger partial charge >= 0.3 is 0 Å². The molecule has 2 heterocycles. The fourth-order valence-corrected chi connectivity index (χ4v) is 3.38. The molecule has 1 aromatic carbocycles. The van der Waals surface area contributed by atoms with Crippen molar-refractivity contribution in [2.75, 3.05) is 18.4 Å². The Morgan fingerprint density at radius 3 is 2.55 bits per heavy atom. The van der Waals surface area contributed by atoms with Gasteiger partial charge in [0.1, 0.15) is 30.1 Å². The molecule has 0 radical (unpaired) electrons. The maximum Gasteiger partial charge on any atom is 0.230 e. The molecule has 0 bridgehead atoms. The number of rotatable bonds is 7. The lowest BCUT2D eigenvalue weighted by Crippen LogP contribution is -2.37. The number of benzene rings is 1. The Kier molecular flexibility index (Phi) is 5.00. The number of hydrogen-bond donors (Lipinski definition) is 2. The van der Waals surface area contributed by atoms with E-state index in [-0.39, 0.29) is 11.7 Å². The molecular formula is C21H23FN6O. The summed E-state index contributed by atoms with van der Waals surface area (Å²) in [6, 6.07) is 8.04. The maximum atomic E-state index is 13.1. The van der Waals surface area contributed by atoms with Crippen molar-refractivity contribution in [2.24, 2.45) is 0 Å². The second kappa shape index (κ2) is 7.62. The van der Waals surface area contributed by atoms with Crippen molar-refractivity contribution >= 4 is 11.7 Å². The smallest absolute Gasteiger partial charge is 0.230 e. The van der Waals surface area contributed by atoms with E-state index in [1.807, 2.05) is 24.5 Å². The molecule has 7 nitrogen and oxygen atoms in total. The predicted molar refractivity (Wildman–Crippen MR) is 107 cm³/mol. The van der Waals surface area contributed by atoms with Gasteiger partial charge in [-0.25, -0.2) is 19.3 Å². The molecule has 1 aliphatic carbocycles. The molecule has 3 aromatic rings. The van der Waals surface area contributed by atoms with Gasteiger partial charge < -0.3 is 10.6 Å². The normalized spacial score (nSPS) is 14.4. The predicted octanol–water partition coefficient (Wildman–Crippen LogP) is 2.68. The summed E-state index contributed by atoms with van der Waals surface area (Å²) in [7, 11) is 0. The van der Waals surface area contributed by atoms with Crippen LogP contribution in [0.4, 0.5) is 10.2 Å². The number of amides is 1. The quantitative estimate of drug-likeness (QED) is 0.602. The first kappa shape index (κ1) is 19.0. The number of nitrogens with zero attached hydrogens (tertiary/aromatic N) is 4. The van der Waals surface area contributed by atoms with Gasteiger partial charge in [-0.3, -0.25) is 9.36 Å². The van der Waals surface area contributed by atoms with E-state index in [9.17, 15) is 9.18 Å². The van der Waals surface area contributed by atoms with Crippen LogP contribution in [0.5, 0.6) is 0 Å². The number of carbonyl (C=O) groups is 1. The van der Waals surface area contributed by atoms with Crippen LogP contribution < -0.4 is 10.6 Å². The van der Waals surface area contributed by atoms with Gasteiger partial charge in [-0.05, 0) is 44.4 Å². The summed E-state index contributed by atoms with van der Waals surface area (Å²) in [5.41, 5.74) is 2.34. The van der Waals surface area contributed by atoms with Gasteiger partial charge in [0.2, 0.25) is 5.91 Å². The standard InChI is InChI=1S/C21H23FN6O/c1-14-15(2)28(13-27-14)19-11-18(25-12-26-19)23-9-10-24-20(29)21(7-8-21)16-3-5-17(22)6-4-16/h3-6,11-13H,7-10H2,1-2H3,(H,24,29)(H,23,25,26). The fourth-order valence-electron chi connectivity index (χ4n) is 3.38. The Bertz CT molecular complexity index is 1030. The van der Waals surface area contributed by atoms with E-state index >= 15 is 0 Å². The minimum absolute atomic E-state index is 0.0150. The van der Waals surface area contributed by atoms with Crippen molar-refractivity contribution in [1.82, 2.24) is 24.8 Å². The molecule has 0 atom stereocenters. The zero-order valence-electron chi connectivity index (χ0n) is 16.4. The van der Waals surface area contributed by atoms with E-state index in [0.717, 1.165) is 35.6 Å². The number of carbonyl (C=O) groups excluding carboxylic acids is 1. The first-order valence-electron chi connectivity index (χ1n) is 9.61. The summed E-state index contributed by atoms with van der Waals surface area (Å²) in [6.45, 7) is 4.93. The van der Waals surface area contributed by atoms with Crippen molar-refractivity contribution in [1.29, 1.82) is 0 Å². The molecule has 150 valence electrons. The Morgan fingerprint density at radius 2 is 1.90 bits per heavy atom. The number of hydrogen-bond acceptors (Lipinski definition) is 5. The monoisotopic (exact) mass is 394 g/mol. The van der Waals surface area contributed by atoms with Gasteiger partial charge in [0, 0.05) is 24.8 Å². The highest BCUT2D eigenvalue weighted by atomic mass is 19.1. The van der Waals surface area contributed by atoms with E-state index in [1.165, 1.54) is 18.5 Å². The summed E-state index contributed by atoms with van der Waals surface area (Å²) in [4.78, 5) is 25.5. The van der Waals surface area contributed by atoms with Crippen LogP contribution in [0.15, 0.2) is 43.0 Å². The van der Waals surface area contributed by atoms with E-state index in [0.29, 0.717) is 18.9 Å². The molecule has 1 aliphatic rings. The largest absolute Gasteiger partial charge is 0.368 e. The van der Waals surface area contributed by atoms with Crippen LogP contribution >= 0.6 is 0 Å². The number of nitrogens with one attached hydrogen (secondary N) is 2. The SMILES string of the molecule is Cc1ncn(-c2cc(NCCNC(=O)C3(c4ccc(F)cc4)CC3)ncn2)c1C. The first-order valence-corrected chi connectivity index (χ1v) is 9.61. The topological polar surface area (TPSA) is 84.7 Å². The second-order valence-corrected chi connectivity index (χ2v) is 7.32. The van der Waals surface area contributed by atoms with Crippen molar-refractivity contribution < 1.29 is 9.18 Å². The third-order valence-corrected chi connectivity index (χ3v) is 5.45. The molecule has 0 spiro atoms. The molecule has 8 heteroatoms. The summed E-state index contributed by atoms with van der Waals surface area (Å²) < 4.78 is 15.0. The van der Waals surface area contributed by atoms with Crippen LogP contribution in [0, 0.1) is 19.7 Å². The van der Waals surface area contributed by atoms with Gasteiger partial charge in [-0.2, -0.15) is 0 Å². The molecular weight excluding hydrogens is 371 g/mol. The van der Waals surface area contributed by atoms with Gasteiger partial charge in [0.25, 0.3) is 0 Å². The van der Waals surface area contributed by atoms with Crippen LogP contribution in [0.3, 0.4) is 0 Å². The van der Waals surface area contributed by atoms with E-state index in [4.69, 9.17) is 0 Å². The van der Waals surface area contributed by atoms with Gasteiger partial charge in [0.15, 0.2) is 0 Å².